The maximum absolute atomic E-state index is 12.1. The van der Waals surface area contributed by atoms with Crippen LogP contribution in [-0.4, -0.2) is 32.8 Å². The van der Waals surface area contributed by atoms with Crippen molar-refractivity contribution >= 4 is 0 Å². The molecular formula is C18H20N2O5. The number of pyridine rings is 1. The molecule has 4 rings (SSSR count). The van der Waals surface area contributed by atoms with Crippen molar-refractivity contribution < 1.29 is 14.6 Å². The summed E-state index contributed by atoms with van der Waals surface area (Å²) < 4.78 is 7.32. The highest BCUT2D eigenvalue weighted by molar-refractivity contribution is 5.25. The second-order valence-corrected chi connectivity index (χ2v) is 6.90. The normalized spacial score (nSPS) is 22.6. The second kappa shape index (κ2) is 6.16. The van der Waals surface area contributed by atoms with E-state index in [0.717, 1.165) is 31.3 Å². The summed E-state index contributed by atoms with van der Waals surface area (Å²) in [7, 11) is 0. The fourth-order valence-corrected chi connectivity index (χ4v) is 4.10. The number of piperidine rings is 1. The average molecular weight is 344 g/mol. The van der Waals surface area contributed by atoms with Gasteiger partial charge in [0.1, 0.15) is 12.4 Å². The van der Waals surface area contributed by atoms with Gasteiger partial charge in [-0.25, -0.2) is 0 Å². The molecule has 0 unspecified atom stereocenters. The highest BCUT2D eigenvalue weighted by Crippen LogP contribution is 2.35. The van der Waals surface area contributed by atoms with Crippen molar-refractivity contribution in [2.45, 2.75) is 32.0 Å². The van der Waals surface area contributed by atoms with E-state index in [1.165, 1.54) is 0 Å². The van der Waals surface area contributed by atoms with Crippen LogP contribution >= 0.6 is 0 Å². The number of hydrogen-bond acceptors (Lipinski definition) is 6. The molecule has 25 heavy (non-hydrogen) atoms. The zero-order valence-corrected chi connectivity index (χ0v) is 13.7. The zero-order valence-electron chi connectivity index (χ0n) is 13.7. The van der Waals surface area contributed by atoms with Crippen molar-refractivity contribution in [3.8, 4) is 5.75 Å². The molecular weight excluding hydrogens is 324 g/mol. The fourth-order valence-electron chi connectivity index (χ4n) is 4.10. The van der Waals surface area contributed by atoms with Crippen LogP contribution in [0, 0.1) is 5.92 Å². The predicted molar refractivity (Wildman–Crippen MR) is 89.4 cm³/mol. The first kappa shape index (κ1) is 16.1. The molecule has 7 heteroatoms. The molecule has 0 spiro atoms. The monoisotopic (exact) mass is 344 g/mol. The van der Waals surface area contributed by atoms with Gasteiger partial charge in [0.15, 0.2) is 5.76 Å². The minimum Gasteiger partial charge on any atom is -0.502 e. The SMILES string of the molecule is O=c1cc(CO)oc(CN2C[C@H]3C[C@H](C2)c2cccc(=O)n2C3)c1O. The fraction of sp³-hybridized carbons (Fsp3) is 0.444. The van der Waals surface area contributed by atoms with Gasteiger partial charge in [0.2, 0.25) is 11.2 Å². The van der Waals surface area contributed by atoms with Crippen LogP contribution in [-0.2, 0) is 19.7 Å². The molecule has 1 fully saturated rings. The van der Waals surface area contributed by atoms with Crippen molar-refractivity contribution in [3.05, 3.63) is 62.1 Å². The van der Waals surface area contributed by atoms with Crippen LogP contribution in [0.2, 0.25) is 0 Å². The Bertz CT molecular complexity index is 916. The summed E-state index contributed by atoms with van der Waals surface area (Å²) in [6, 6.07) is 6.49. The predicted octanol–water partition coefficient (Wildman–Crippen LogP) is 0.619. The molecule has 2 aromatic rings. The summed E-state index contributed by atoms with van der Waals surface area (Å²) in [4.78, 5) is 26.0. The van der Waals surface area contributed by atoms with Crippen LogP contribution in [0.3, 0.4) is 0 Å². The molecule has 0 aromatic carbocycles. The van der Waals surface area contributed by atoms with Gasteiger partial charge < -0.3 is 19.2 Å². The molecule has 0 saturated carbocycles. The van der Waals surface area contributed by atoms with Gasteiger partial charge in [-0.2, -0.15) is 0 Å². The first-order valence-corrected chi connectivity index (χ1v) is 8.43. The lowest BCUT2D eigenvalue weighted by Crippen LogP contribution is -2.46. The number of fused-ring (bicyclic) bond motifs is 4. The number of aromatic nitrogens is 1. The Morgan fingerprint density at radius 1 is 1.20 bits per heavy atom. The van der Waals surface area contributed by atoms with Gasteiger partial charge in [-0.05, 0) is 18.4 Å². The summed E-state index contributed by atoms with van der Waals surface area (Å²) >= 11 is 0. The molecule has 0 aliphatic carbocycles. The maximum atomic E-state index is 12.1. The van der Waals surface area contributed by atoms with Crippen LogP contribution in [0.1, 0.15) is 29.6 Å². The van der Waals surface area contributed by atoms with Gasteiger partial charge >= 0.3 is 0 Å². The summed E-state index contributed by atoms with van der Waals surface area (Å²) in [5.74, 6) is 0.524. The highest BCUT2D eigenvalue weighted by Gasteiger charge is 2.35. The van der Waals surface area contributed by atoms with Crippen molar-refractivity contribution in [2.75, 3.05) is 13.1 Å². The lowest BCUT2D eigenvalue weighted by atomic mass is 9.83. The van der Waals surface area contributed by atoms with E-state index in [-0.39, 0.29) is 29.6 Å². The van der Waals surface area contributed by atoms with Crippen LogP contribution in [0.25, 0.3) is 0 Å². The van der Waals surface area contributed by atoms with Gasteiger partial charge in [0.25, 0.3) is 5.56 Å². The quantitative estimate of drug-likeness (QED) is 0.847. The topological polar surface area (TPSA) is 95.9 Å². The van der Waals surface area contributed by atoms with Gasteiger partial charge in [-0.1, -0.05) is 6.07 Å². The van der Waals surface area contributed by atoms with E-state index < -0.39 is 11.2 Å². The molecule has 132 valence electrons. The lowest BCUT2D eigenvalue weighted by Gasteiger charge is -2.42. The first-order valence-electron chi connectivity index (χ1n) is 8.43. The summed E-state index contributed by atoms with van der Waals surface area (Å²) in [6.45, 7) is 2.11. The van der Waals surface area contributed by atoms with Crippen LogP contribution < -0.4 is 11.0 Å². The van der Waals surface area contributed by atoms with E-state index in [2.05, 4.69) is 4.90 Å². The Morgan fingerprint density at radius 3 is 2.84 bits per heavy atom. The molecule has 1 saturated heterocycles. The van der Waals surface area contributed by atoms with Crippen LogP contribution in [0.4, 0.5) is 0 Å². The molecule has 0 amide bonds. The number of rotatable bonds is 3. The van der Waals surface area contributed by atoms with E-state index >= 15 is 0 Å². The van der Waals surface area contributed by atoms with Crippen molar-refractivity contribution in [1.82, 2.24) is 9.47 Å². The Labute approximate surface area is 143 Å². The van der Waals surface area contributed by atoms with Gasteiger partial charge in [0, 0.05) is 43.4 Å². The van der Waals surface area contributed by atoms with Gasteiger partial charge in [0.05, 0.1) is 6.54 Å². The Hall–Kier alpha value is -2.38. The molecule has 2 atom stereocenters. The molecule has 2 aromatic heterocycles. The second-order valence-electron chi connectivity index (χ2n) is 6.90. The molecule has 2 bridgehead atoms. The number of likely N-dealkylation sites (tertiary alicyclic amines) is 1. The number of aliphatic hydroxyl groups is 1. The molecule has 2 N–H and O–H groups in total. The standard InChI is InChI=1S/C18H20N2O5/c21-10-13-5-15(22)18(24)16(25-13)9-19-6-11-4-12(8-19)14-2-1-3-17(23)20(14)7-11/h1-3,5,11-12,21,24H,4,6-10H2/t11-,12-/m1/s1. The maximum Gasteiger partial charge on any atom is 0.250 e. The van der Waals surface area contributed by atoms with E-state index in [1.807, 2.05) is 10.6 Å². The highest BCUT2D eigenvalue weighted by atomic mass is 16.4. The van der Waals surface area contributed by atoms with Gasteiger partial charge in [-0.3, -0.25) is 14.5 Å². The van der Waals surface area contributed by atoms with E-state index in [9.17, 15) is 19.8 Å². The van der Waals surface area contributed by atoms with E-state index in [1.54, 1.807) is 12.1 Å². The molecule has 2 aliphatic heterocycles. The van der Waals surface area contributed by atoms with Crippen molar-refractivity contribution in [2.24, 2.45) is 5.92 Å². The summed E-state index contributed by atoms with van der Waals surface area (Å²) in [6.07, 6.45) is 1.03. The third kappa shape index (κ3) is 2.89. The third-order valence-electron chi connectivity index (χ3n) is 5.12. The Morgan fingerprint density at radius 2 is 2.04 bits per heavy atom. The summed E-state index contributed by atoms with van der Waals surface area (Å²) in [5.41, 5.74) is 0.544. The number of aliphatic hydroxyl groups excluding tert-OH is 1. The average Bonchev–Trinajstić information content (AvgIpc) is 2.59. The summed E-state index contributed by atoms with van der Waals surface area (Å²) in [5, 5.41) is 19.2. The van der Waals surface area contributed by atoms with E-state index in [0.29, 0.717) is 19.0 Å². The molecule has 7 nitrogen and oxygen atoms in total. The molecule has 0 radical (unpaired) electrons. The molecule has 4 heterocycles. The molecule has 2 aliphatic rings. The zero-order chi connectivity index (χ0) is 17.6. The minimum absolute atomic E-state index is 0.0416. The third-order valence-corrected chi connectivity index (χ3v) is 5.12. The van der Waals surface area contributed by atoms with E-state index in [4.69, 9.17) is 4.42 Å². The van der Waals surface area contributed by atoms with Crippen molar-refractivity contribution in [3.63, 3.8) is 0 Å². The minimum atomic E-state index is -0.542. The van der Waals surface area contributed by atoms with Gasteiger partial charge in [-0.15, -0.1) is 0 Å². The Balaban J connectivity index is 1.60. The van der Waals surface area contributed by atoms with Crippen LogP contribution in [0.15, 0.2) is 38.3 Å². The number of hydrogen-bond donors (Lipinski definition) is 2. The van der Waals surface area contributed by atoms with Crippen molar-refractivity contribution in [1.29, 1.82) is 0 Å². The first-order chi connectivity index (χ1) is 12.0. The largest absolute Gasteiger partial charge is 0.502 e. The Kier molecular flexibility index (Phi) is 3.97. The lowest BCUT2D eigenvalue weighted by molar-refractivity contribution is 0.103. The van der Waals surface area contributed by atoms with Crippen LogP contribution in [0.5, 0.6) is 5.75 Å². The number of nitrogens with zero attached hydrogens (tertiary/aromatic N) is 2. The number of aromatic hydroxyl groups is 1. The smallest absolute Gasteiger partial charge is 0.250 e.